The molecule has 0 bridgehead atoms. The Morgan fingerprint density at radius 1 is 1.59 bits per heavy atom. The van der Waals surface area contributed by atoms with Crippen LogP contribution in [0.2, 0.25) is 0 Å². The third-order valence-corrected chi connectivity index (χ3v) is 2.85. The Hall–Kier alpha value is -1.71. The van der Waals surface area contributed by atoms with Crippen LogP contribution in [0.5, 0.6) is 5.75 Å². The van der Waals surface area contributed by atoms with Gasteiger partial charge >= 0.3 is 6.09 Å². The standard InChI is InChI=1S/C13H17NO3/c1-9(14-13(15)16-2)7-10-3-4-12-11(8-10)5-6-17-12/h3-4,8-9H,5-7H2,1-2H3,(H,14,15). The summed E-state index contributed by atoms with van der Waals surface area (Å²) in [4.78, 5) is 11.0. The Balaban J connectivity index is 1.97. The maximum Gasteiger partial charge on any atom is 0.407 e. The third kappa shape index (κ3) is 2.90. The van der Waals surface area contributed by atoms with E-state index in [2.05, 4.69) is 16.1 Å². The summed E-state index contributed by atoms with van der Waals surface area (Å²) in [6.07, 6.45) is 1.38. The lowest BCUT2D eigenvalue weighted by molar-refractivity contribution is 0.167. The molecule has 4 nitrogen and oxygen atoms in total. The van der Waals surface area contributed by atoms with Gasteiger partial charge in [0.1, 0.15) is 5.75 Å². The molecule has 2 rings (SSSR count). The van der Waals surface area contributed by atoms with Crippen LogP contribution < -0.4 is 10.1 Å². The fourth-order valence-corrected chi connectivity index (χ4v) is 2.03. The second-order valence-corrected chi connectivity index (χ2v) is 4.28. The van der Waals surface area contributed by atoms with Crippen LogP contribution in [-0.2, 0) is 17.6 Å². The minimum Gasteiger partial charge on any atom is -0.493 e. The smallest absolute Gasteiger partial charge is 0.407 e. The summed E-state index contributed by atoms with van der Waals surface area (Å²) in [5.74, 6) is 0.988. The number of ether oxygens (including phenoxy) is 2. The summed E-state index contributed by atoms with van der Waals surface area (Å²) in [6, 6.07) is 6.25. The summed E-state index contributed by atoms with van der Waals surface area (Å²) in [5.41, 5.74) is 2.46. The summed E-state index contributed by atoms with van der Waals surface area (Å²) < 4.78 is 10.0. The van der Waals surface area contributed by atoms with Crippen molar-refractivity contribution in [2.45, 2.75) is 25.8 Å². The number of carbonyl (C=O) groups excluding carboxylic acids is 1. The lowest BCUT2D eigenvalue weighted by Gasteiger charge is -2.13. The number of carbonyl (C=O) groups is 1. The van der Waals surface area contributed by atoms with Crippen molar-refractivity contribution in [3.05, 3.63) is 29.3 Å². The molecule has 0 radical (unpaired) electrons. The molecule has 1 N–H and O–H groups in total. The van der Waals surface area contributed by atoms with E-state index in [4.69, 9.17) is 4.74 Å². The van der Waals surface area contributed by atoms with Gasteiger partial charge in [-0.25, -0.2) is 4.79 Å². The highest BCUT2D eigenvalue weighted by Crippen LogP contribution is 2.26. The number of rotatable bonds is 3. The molecule has 1 atom stereocenters. The second-order valence-electron chi connectivity index (χ2n) is 4.28. The first-order chi connectivity index (χ1) is 8.19. The fourth-order valence-electron chi connectivity index (χ4n) is 2.03. The molecule has 1 aromatic carbocycles. The molecule has 0 aromatic heterocycles. The largest absolute Gasteiger partial charge is 0.493 e. The van der Waals surface area contributed by atoms with E-state index in [1.54, 1.807) is 0 Å². The van der Waals surface area contributed by atoms with Crippen molar-refractivity contribution in [1.29, 1.82) is 0 Å². The van der Waals surface area contributed by atoms with Crippen LogP contribution in [0.15, 0.2) is 18.2 Å². The van der Waals surface area contributed by atoms with E-state index in [0.717, 1.165) is 25.2 Å². The first-order valence-corrected chi connectivity index (χ1v) is 5.78. The first kappa shape index (κ1) is 11.8. The minimum atomic E-state index is -0.387. The van der Waals surface area contributed by atoms with E-state index in [0.29, 0.717) is 0 Å². The molecular formula is C13H17NO3. The highest BCUT2D eigenvalue weighted by molar-refractivity contribution is 5.67. The Morgan fingerprint density at radius 2 is 2.41 bits per heavy atom. The molecule has 1 amide bonds. The molecule has 1 aliphatic rings. The molecule has 1 unspecified atom stereocenters. The molecule has 0 fully saturated rings. The van der Waals surface area contributed by atoms with Gasteiger partial charge in [0.25, 0.3) is 0 Å². The molecular weight excluding hydrogens is 218 g/mol. The lowest BCUT2D eigenvalue weighted by atomic mass is 10.0. The summed E-state index contributed by atoms with van der Waals surface area (Å²) in [6.45, 7) is 2.73. The van der Waals surface area contributed by atoms with E-state index < -0.39 is 0 Å². The van der Waals surface area contributed by atoms with Crippen molar-refractivity contribution in [2.75, 3.05) is 13.7 Å². The van der Waals surface area contributed by atoms with Crippen LogP contribution >= 0.6 is 0 Å². The van der Waals surface area contributed by atoms with Gasteiger partial charge in [0.2, 0.25) is 0 Å². The van der Waals surface area contributed by atoms with Crippen molar-refractivity contribution in [3.63, 3.8) is 0 Å². The molecule has 0 spiro atoms. The average Bonchev–Trinajstić information content (AvgIpc) is 2.75. The zero-order valence-corrected chi connectivity index (χ0v) is 10.2. The molecule has 1 aromatic rings. The van der Waals surface area contributed by atoms with Gasteiger partial charge in [0.05, 0.1) is 13.7 Å². The molecule has 92 valence electrons. The van der Waals surface area contributed by atoms with E-state index in [1.807, 2.05) is 19.1 Å². The van der Waals surface area contributed by atoms with Gasteiger partial charge in [-0.05, 0) is 30.5 Å². The summed E-state index contributed by atoms with van der Waals surface area (Å²) in [5, 5.41) is 2.75. The Labute approximate surface area is 101 Å². The van der Waals surface area contributed by atoms with Crippen molar-refractivity contribution in [2.24, 2.45) is 0 Å². The van der Waals surface area contributed by atoms with E-state index in [9.17, 15) is 4.79 Å². The highest BCUT2D eigenvalue weighted by Gasteiger charge is 2.13. The maximum absolute atomic E-state index is 11.0. The number of fused-ring (bicyclic) bond motifs is 1. The molecule has 0 saturated heterocycles. The van der Waals surface area contributed by atoms with E-state index >= 15 is 0 Å². The quantitative estimate of drug-likeness (QED) is 0.870. The van der Waals surface area contributed by atoms with Crippen LogP contribution in [0.4, 0.5) is 4.79 Å². The zero-order chi connectivity index (χ0) is 12.3. The van der Waals surface area contributed by atoms with Gasteiger partial charge in [0, 0.05) is 12.5 Å². The molecule has 17 heavy (non-hydrogen) atoms. The van der Waals surface area contributed by atoms with Crippen LogP contribution in [0.3, 0.4) is 0 Å². The van der Waals surface area contributed by atoms with Crippen LogP contribution in [0.1, 0.15) is 18.1 Å². The van der Waals surface area contributed by atoms with Gasteiger partial charge in [0.15, 0.2) is 0 Å². The van der Waals surface area contributed by atoms with Crippen molar-refractivity contribution in [1.82, 2.24) is 5.32 Å². The number of amides is 1. The Bertz CT molecular complexity index is 417. The first-order valence-electron chi connectivity index (χ1n) is 5.78. The maximum atomic E-state index is 11.0. The Morgan fingerprint density at radius 3 is 3.18 bits per heavy atom. The van der Waals surface area contributed by atoms with Gasteiger partial charge in [-0.15, -0.1) is 0 Å². The molecule has 4 heteroatoms. The Kier molecular flexibility index (Phi) is 3.52. The number of benzene rings is 1. The summed E-state index contributed by atoms with van der Waals surface area (Å²) in [7, 11) is 1.37. The highest BCUT2D eigenvalue weighted by atomic mass is 16.5. The summed E-state index contributed by atoms with van der Waals surface area (Å²) >= 11 is 0. The topological polar surface area (TPSA) is 47.6 Å². The van der Waals surface area contributed by atoms with Crippen molar-refractivity contribution in [3.8, 4) is 5.75 Å². The number of methoxy groups -OCH3 is 1. The van der Waals surface area contributed by atoms with Gasteiger partial charge < -0.3 is 14.8 Å². The number of alkyl carbamates (subject to hydrolysis) is 1. The number of hydrogen-bond donors (Lipinski definition) is 1. The normalized spacial score (nSPS) is 14.7. The van der Waals surface area contributed by atoms with Crippen LogP contribution in [0.25, 0.3) is 0 Å². The number of nitrogens with one attached hydrogen (secondary N) is 1. The fraction of sp³-hybridized carbons (Fsp3) is 0.462. The molecule has 0 saturated carbocycles. The van der Waals surface area contributed by atoms with E-state index in [-0.39, 0.29) is 12.1 Å². The van der Waals surface area contributed by atoms with Gasteiger partial charge in [-0.3, -0.25) is 0 Å². The van der Waals surface area contributed by atoms with Crippen molar-refractivity contribution >= 4 is 6.09 Å². The molecule has 0 aliphatic carbocycles. The van der Waals surface area contributed by atoms with Crippen LogP contribution in [0, 0.1) is 0 Å². The average molecular weight is 235 g/mol. The van der Waals surface area contributed by atoms with Gasteiger partial charge in [-0.1, -0.05) is 12.1 Å². The third-order valence-electron chi connectivity index (χ3n) is 2.85. The lowest BCUT2D eigenvalue weighted by Crippen LogP contribution is -2.33. The monoisotopic (exact) mass is 235 g/mol. The second kappa shape index (κ2) is 5.08. The molecule has 1 aliphatic heterocycles. The van der Waals surface area contributed by atoms with Crippen molar-refractivity contribution < 1.29 is 14.3 Å². The zero-order valence-electron chi connectivity index (χ0n) is 10.2. The van der Waals surface area contributed by atoms with E-state index in [1.165, 1.54) is 18.2 Å². The molecule has 1 heterocycles. The minimum absolute atomic E-state index is 0.0582. The van der Waals surface area contributed by atoms with Crippen LogP contribution in [-0.4, -0.2) is 25.9 Å². The SMILES string of the molecule is COC(=O)NC(C)Cc1ccc2c(c1)CCO2. The predicted molar refractivity (Wildman–Crippen MR) is 64.3 cm³/mol. The number of hydrogen-bond acceptors (Lipinski definition) is 3. The predicted octanol–water partition coefficient (Wildman–Crippen LogP) is 1.91. The van der Waals surface area contributed by atoms with Gasteiger partial charge in [-0.2, -0.15) is 0 Å².